The summed E-state index contributed by atoms with van der Waals surface area (Å²) in [5, 5.41) is 12.7. The molecule has 2 aromatic rings. The summed E-state index contributed by atoms with van der Waals surface area (Å²) in [6.07, 6.45) is 1.50. The summed E-state index contributed by atoms with van der Waals surface area (Å²) < 4.78 is 6.87. The molecule has 3 heterocycles. The van der Waals surface area contributed by atoms with Gasteiger partial charge in [0, 0.05) is 19.3 Å². The van der Waals surface area contributed by atoms with Crippen LogP contribution in [-0.4, -0.2) is 58.3 Å². The normalized spacial score (nSPS) is 17.7. The largest absolute Gasteiger partial charge is 0.493 e. The minimum absolute atomic E-state index is 0.0695. The number of hydrogen-bond donors (Lipinski definition) is 1. The number of benzene rings is 1. The van der Waals surface area contributed by atoms with Gasteiger partial charge in [0.05, 0.1) is 17.9 Å². The summed E-state index contributed by atoms with van der Waals surface area (Å²) in [5.74, 6) is 0.0155. The molecule has 1 unspecified atom stereocenters. The van der Waals surface area contributed by atoms with Crippen molar-refractivity contribution >= 4 is 35.6 Å². The van der Waals surface area contributed by atoms with E-state index in [4.69, 9.17) is 4.74 Å². The number of carbonyl (C=O) groups is 2. The number of rotatable bonds is 4. The first-order valence-corrected chi connectivity index (χ1v) is 9.07. The topological polar surface area (TPSA) is 114 Å². The lowest BCUT2D eigenvalue weighted by Crippen LogP contribution is -2.35. The minimum atomic E-state index is -0.587. The number of nitrogens with one attached hydrogen (secondary N) is 1. The van der Waals surface area contributed by atoms with Crippen molar-refractivity contribution in [2.45, 2.75) is 13.8 Å². The van der Waals surface area contributed by atoms with Gasteiger partial charge in [-0.3, -0.25) is 14.6 Å². The van der Waals surface area contributed by atoms with Crippen LogP contribution in [0.3, 0.4) is 0 Å². The molecule has 2 aliphatic rings. The van der Waals surface area contributed by atoms with E-state index in [1.807, 2.05) is 6.92 Å². The summed E-state index contributed by atoms with van der Waals surface area (Å²) >= 11 is 0. The molecule has 0 saturated heterocycles. The number of amidine groups is 1. The third kappa shape index (κ3) is 3.40. The van der Waals surface area contributed by atoms with Gasteiger partial charge in [0.25, 0.3) is 17.8 Å². The van der Waals surface area contributed by atoms with Gasteiger partial charge in [-0.2, -0.15) is 24.9 Å². The number of hydrogen-bond acceptors (Lipinski definition) is 7. The second-order valence-corrected chi connectivity index (χ2v) is 6.45. The van der Waals surface area contributed by atoms with Crippen LogP contribution in [0.1, 0.15) is 23.0 Å². The first-order valence-electron chi connectivity index (χ1n) is 9.07. The second kappa shape index (κ2) is 7.30. The number of carbonyl (C=O) groups excluding carboxylic acids is 2. The second-order valence-electron chi connectivity index (χ2n) is 6.45. The number of aliphatic imine (C=N–C) groups is 2. The zero-order chi connectivity index (χ0) is 20.5. The predicted molar refractivity (Wildman–Crippen MR) is 108 cm³/mol. The molecular weight excluding hydrogens is 374 g/mol. The quantitative estimate of drug-likeness (QED) is 0.846. The number of para-hydroxylation sites is 1. The SMILES string of the molecule is CCOc1ccccc1C(=O)Nc1cc(C)nn1C1=NC(=O)C2C=NN(C)C2=N1. The predicted octanol–water partition coefficient (Wildman–Crippen LogP) is 1.53. The van der Waals surface area contributed by atoms with Gasteiger partial charge >= 0.3 is 0 Å². The molecule has 148 valence electrons. The van der Waals surface area contributed by atoms with Crippen molar-refractivity contribution in [3.8, 4) is 5.75 Å². The van der Waals surface area contributed by atoms with Crippen molar-refractivity contribution in [3.05, 3.63) is 41.6 Å². The van der Waals surface area contributed by atoms with Crippen molar-refractivity contribution in [2.24, 2.45) is 21.0 Å². The number of ether oxygens (including phenoxy) is 1. The van der Waals surface area contributed by atoms with Crippen molar-refractivity contribution in [3.63, 3.8) is 0 Å². The van der Waals surface area contributed by atoms with Gasteiger partial charge in [0.2, 0.25) is 0 Å². The maximum absolute atomic E-state index is 12.8. The van der Waals surface area contributed by atoms with E-state index in [1.54, 1.807) is 44.3 Å². The van der Waals surface area contributed by atoms with Crippen LogP contribution in [0.25, 0.3) is 0 Å². The Balaban J connectivity index is 1.66. The third-order valence-corrected chi connectivity index (χ3v) is 4.38. The molecule has 10 heteroatoms. The number of aromatic nitrogens is 2. The number of anilines is 1. The Morgan fingerprint density at radius 1 is 1.28 bits per heavy atom. The van der Waals surface area contributed by atoms with Crippen molar-refractivity contribution in [1.29, 1.82) is 0 Å². The van der Waals surface area contributed by atoms with Gasteiger partial charge in [-0.1, -0.05) is 12.1 Å². The Kier molecular flexibility index (Phi) is 4.67. The van der Waals surface area contributed by atoms with Gasteiger partial charge < -0.3 is 10.1 Å². The number of hydrazone groups is 1. The Hall–Kier alpha value is -3.82. The maximum Gasteiger partial charge on any atom is 0.265 e. The van der Waals surface area contributed by atoms with Gasteiger partial charge in [0.1, 0.15) is 23.3 Å². The molecule has 1 aromatic carbocycles. The first kappa shape index (κ1) is 18.5. The van der Waals surface area contributed by atoms with Gasteiger partial charge in [0.15, 0.2) is 0 Å². The number of fused-ring (bicyclic) bond motifs is 1. The standard InChI is InChI=1S/C19H19N7O3/c1-4-29-14-8-6-5-7-12(14)17(27)21-15-9-11(2)24-26(15)19-22-16-13(18(28)23-19)10-20-25(16)3/h5-10,13H,4H2,1-3H3,(H,21,27). The van der Waals surface area contributed by atoms with E-state index >= 15 is 0 Å². The highest BCUT2D eigenvalue weighted by Crippen LogP contribution is 2.22. The van der Waals surface area contributed by atoms with E-state index in [2.05, 4.69) is 25.5 Å². The van der Waals surface area contributed by atoms with Crippen molar-refractivity contribution in [2.75, 3.05) is 19.0 Å². The van der Waals surface area contributed by atoms with Gasteiger partial charge in [-0.05, 0) is 26.0 Å². The molecule has 0 fully saturated rings. The summed E-state index contributed by atoms with van der Waals surface area (Å²) in [6.45, 7) is 4.06. The molecule has 4 rings (SSSR count). The number of aryl methyl sites for hydroxylation is 1. The van der Waals surface area contributed by atoms with Crippen molar-refractivity contribution < 1.29 is 14.3 Å². The summed E-state index contributed by atoms with van der Waals surface area (Å²) in [4.78, 5) is 33.6. The van der Waals surface area contributed by atoms with E-state index in [0.717, 1.165) is 0 Å². The molecule has 0 aliphatic carbocycles. The summed E-state index contributed by atoms with van der Waals surface area (Å²) in [6, 6.07) is 8.63. The Bertz CT molecular complexity index is 1080. The smallest absolute Gasteiger partial charge is 0.265 e. The van der Waals surface area contributed by atoms with E-state index in [-0.39, 0.29) is 17.8 Å². The molecule has 29 heavy (non-hydrogen) atoms. The summed E-state index contributed by atoms with van der Waals surface area (Å²) in [5.41, 5.74) is 1.02. The Morgan fingerprint density at radius 2 is 2.07 bits per heavy atom. The molecule has 0 spiro atoms. The lowest BCUT2D eigenvalue weighted by atomic mass is 10.1. The van der Waals surface area contributed by atoms with Crippen LogP contribution >= 0.6 is 0 Å². The zero-order valence-corrected chi connectivity index (χ0v) is 16.2. The maximum atomic E-state index is 12.8. The minimum Gasteiger partial charge on any atom is -0.493 e. The molecule has 10 nitrogen and oxygen atoms in total. The van der Waals surface area contributed by atoms with E-state index in [9.17, 15) is 9.59 Å². The molecular formula is C19H19N7O3. The molecule has 0 radical (unpaired) electrons. The van der Waals surface area contributed by atoms with Crippen LogP contribution in [0.2, 0.25) is 0 Å². The van der Waals surface area contributed by atoms with E-state index in [1.165, 1.54) is 15.9 Å². The Labute approximate surface area is 166 Å². The van der Waals surface area contributed by atoms with Crippen LogP contribution in [0, 0.1) is 12.8 Å². The van der Waals surface area contributed by atoms with Crippen LogP contribution in [-0.2, 0) is 4.79 Å². The average molecular weight is 393 g/mol. The highest BCUT2D eigenvalue weighted by Gasteiger charge is 2.35. The monoisotopic (exact) mass is 393 g/mol. The highest BCUT2D eigenvalue weighted by atomic mass is 16.5. The fourth-order valence-electron chi connectivity index (χ4n) is 3.06. The zero-order valence-electron chi connectivity index (χ0n) is 16.2. The lowest BCUT2D eigenvalue weighted by Gasteiger charge is -2.17. The van der Waals surface area contributed by atoms with Crippen molar-refractivity contribution in [1.82, 2.24) is 14.8 Å². The molecule has 0 saturated carbocycles. The molecule has 2 amide bonds. The van der Waals surface area contributed by atoms with Crippen LogP contribution in [0.5, 0.6) is 5.75 Å². The van der Waals surface area contributed by atoms with E-state index < -0.39 is 5.92 Å². The fourth-order valence-corrected chi connectivity index (χ4v) is 3.06. The lowest BCUT2D eigenvalue weighted by molar-refractivity contribution is -0.118. The van der Waals surface area contributed by atoms with Crippen LogP contribution < -0.4 is 10.1 Å². The molecule has 0 bridgehead atoms. The number of nitrogens with zero attached hydrogens (tertiary/aromatic N) is 6. The molecule has 1 atom stereocenters. The van der Waals surface area contributed by atoms with Gasteiger partial charge in [-0.25, -0.2) is 0 Å². The molecule has 2 aliphatic heterocycles. The molecule has 1 N–H and O–H groups in total. The number of amides is 2. The molecule has 1 aromatic heterocycles. The average Bonchev–Trinajstić information content (AvgIpc) is 3.25. The highest BCUT2D eigenvalue weighted by molar-refractivity contribution is 6.24. The van der Waals surface area contributed by atoms with Gasteiger partial charge in [-0.15, -0.1) is 0 Å². The van der Waals surface area contributed by atoms with Crippen LogP contribution in [0.4, 0.5) is 5.82 Å². The Morgan fingerprint density at radius 3 is 2.86 bits per heavy atom. The first-order chi connectivity index (χ1) is 14.0. The van der Waals surface area contributed by atoms with Crippen LogP contribution in [0.15, 0.2) is 45.4 Å². The third-order valence-electron chi connectivity index (χ3n) is 4.38. The summed E-state index contributed by atoms with van der Waals surface area (Å²) in [7, 11) is 1.70. The fraction of sp³-hybridized carbons (Fsp3) is 0.263. The van der Waals surface area contributed by atoms with E-state index in [0.29, 0.717) is 35.3 Å².